The third-order valence-corrected chi connectivity index (χ3v) is 4.04. The van der Waals surface area contributed by atoms with E-state index in [2.05, 4.69) is 45.3 Å². The Hall–Kier alpha value is -0.570. The van der Waals surface area contributed by atoms with Crippen LogP contribution in [0.25, 0.3) is 0 Å². The van der Waals surface area contributed by atoms with E-state index in [-0.39, 0.29) is 11.9 Å². The van der Waals surface area contributed by atoms with Crippen molar-refractivity contribution in [2.45, 2.75) is 47.1 Å². The Labute approximate surface area is 106 Å². The standard InChI is InChI=1S/C14H28N2O/c1-9(2)12(10(3)4)8-16-14(17)13-11(5)6-7-15-13/h9-13,15H,6-8H2,1-5H3,(H,16,17). The van der Waals surface area contributed by atoms with Gasteiger partial charge in [-0.1, -0.05) is 34.6 Å². The third-order valence-electron chi connectivity index (χ3n) is 4.04. The average Bonchev–Trinajstić information content (AvgIpc) is 2.63. The number of carbonyl (C=O) groups is 1. The summed E-state index contributed by atoms with van der Waals surface area (Å²) in [5.74, 6) is 2.44. The fraction of sp³-hybridized carbons (Fsp3) is 0.929. The zero-order valence-electron chi connectivity index (χ0n) is 11.9. The normalized spacial score (nSPS) is 24.9. The molecule has 0 aromatic rings. The van der Waals surface area contributed by atoms with E-state index < -0.39 is 0 Å². The van der Waals surface area contributed by atoms with Gasteiger partial charge in [0.05, 0.1) is 6.04 Å². The Bertz CT molecular complexity index is 243. The largest absolute Gasteiger partial charge is 0.354 e. The molecule has 2 unspecified atom stereocenters. The van der Waals surface area contributed by atoms with E-state index in [0.29, 0.717) is 23.7 Å². The number of amides is 1. The molecule has 1 heterocycles. The monoisotopic (exact) mass is 240 g/mol. The molecule has 0 bridgehead atoms. The van der Waals surface area contributed by atoms with Crippen LogP contribution >= 0.6 is 0 Å². The molecule has 0 aromatic heterocycles. The first-order chi connectivity index (χ1) is 7.93. The van der Waals surface area contributed by atoms with E-state index >= 15 is 0 Å². The lowest BCUT2D eigenvalue weighted by Crippen LogP contribution is -2.45. The molecule has 3 heteroatoms. The molecule has 1 aliphatic heterocycles. The van der Waals surface area contributed by atoms with Crippen LogP contribution in [0.4, 0.5) is 0 Å². The minimum atomic E-state index is 0.0231. The summed E-state index contributed by atoms with van der Waals surface area (Å²) in [4.78, 5) is 12.0. The lowest BCUT2D eigenvalue weighted by atomic mass is 9.85. The average molecular weight is 240 g/mol. The molecule has 1 fully saturated rings. The molecule has 1 aliphatic rings. The van der Waals surface area contributed by atoms with Crippen molar-refractivity contribution < 1.29 is 4.79 Å². The van der Waals surface area contributed by atoms with Crippen LogP contribution in [0, 0.1) is 23.7 Å². The summed E-state index contributed by atoms with van der Waals surface area (Å²) >= 11 is 0. The van der Waals surface area contributed by atoms with E-state index in [9.17, 15) is 4.79 Å². The second-order valence-electron chi connectivity index (χ2n) is 6.09. The molecular weight excluding hydrogens is 212 g/mol. The summed E-state index contributed by atoms with van der Waals surface area (Å²) in [6, 6.07) is 0.0231. The van der Waals surface area contributed by atoms with Crippen molar-refractivity contribution in [2.24, 2.45) is 23.7 Å². The van der Waals surface area contributed by atoms with Gasteiger partial charge in [-0.2, -0.15) is 0 Å². The Balaban J connectivity index is 2.41. The maximum Gasteiger partial charge on any atom is 0.237 e. The molecule has 1 rings (SSSR count). The van der Waals surface area contributed by atoms with Gasteiger partial charge < -0.3 is 10.6 Å². The Morgan fingerprint density at radius 3 is 2.29 bits per heavy atom. The zero-order chi connectivity index (χ0) is 13.0. The van der Waals surface area contributed by atoms with E-state index in [1.165, 1.54) is 0 Å². The quantitative estimate of drug-likeness (QED) is 0.772. The number of hydrogen-bond acceptors (Lipinski definition) is 2. The summed E-state index contributed by atoms with van der Waals surface area (Å²) in [6.07, 6.45) is 1.11. The van der Waals surface area contributed by atoms with E-state index in [1.807, 2.05) is 0 Å². The molecule has 100 valence electrons. The van der Waals surface area contributed by atoms with Gasteiger partial charge in [0, 0.05) is 6.54 Å². The van der Waals surface area contributed by atoms with Crippen LogP contribution in [-0.4, -0.2) is 25.0 Å². The van der Waals surface area contributed by atoms with Crippen molar-refractivity contribution in [3.8, 4) is 0 Å². The highest BCUT2D eigenvalue weighted by Gasteiger charge is 2.29. The van der Waals surface area contributed by atoms with Crippen LogP contribution in [0.3, 0.4) is 0 Å². The predicted molar refractivity (Wildman–Crippen MR) is 71.7 cm³/mol. The second kappa shape index (κ2) is 6.39. The summed E-state index contributed by atoms with van der Waals surface area (Å²) in [6.45, 7) is 12.8. The lowest BCUT2D eigenvalue weighted by Gasteiger charge is -2.26. The Morgan fingerprint density at radius 2 is 1.88 bits per heavy atom. The maximum absolute atomic E-state index is 12.0. The minimum Gasteiger partial charge on any atom is -0.354 e. The van der Waals surface area contributed by atoms with Crippen LogP contribution in [-0.2, 0) is 4.79 Å². The van der Waals surface area contributed by atoms with Crippen molar-refractivity contribution in [1.82, 2.24) is 10.6 Å². The molecule has 0 aromatic carbocycles. The highest BCUT2D eigenvalue weighted by Crippen LogP contribution is 2.20. The van der Waals surface area contributed by atoms with Crippen molar-refractivity contribution in [2.75, 3.05) is 13.1 Å². The number of carbonyl (C=O) groups excluding carboxylic acids is 1. The highest BCUT2D eigenvalue weighted by atomic mass is 16.2. The first-order valence-corrected chi connectivity index (χ1v) is 6.94. The molecule has 3 nitrogen and oxygen atoms in total. The van der Waals surface area contributed by atoms with Gasteiger partial charge in [-0.05, 0) is 36.6 Å². The maximum atomic E-state index is 12.0. The van der Waals surface area contributed by atoms with Crippen LogP contribution in [0.2, 0.25) is 0 Å². The summed E-state index contributed by atoms with van der Waals surface area (Å²) in [5, 5.41) is 6.39. The number of nitrogens with one attached hydrogen (secondary N) is 2. The van der Waals surface area contributed by atoms with Gasteiger partial charge in [-0.15, -0.1) is 0 Å². The van der Waals surface area contributed by atoms with Gasteiger partial charge in [0.15, 0.2) is 0 Å². The smallest absolute Gasteiger partial charge is 0.237 e. The molecule has 17 heavy (non-hydrogen) atoms. The Morgan fingerprint density at radius 1 is 1.29 bits per heavy atom. The van der Waals surface area contributed by atoms with Crippen LogP contribution in [0.15, 0.2) is 0 Å². The fourth-order valence-corrected chi connectivity index (χ4v) is 2.76. The van der Waals surface area contributed by atoms with Gasteiger partial charge in [0.2, 0.25) is 5.91 Å². The highest BCUT2D eigenvalue weighted by molar-refractivity contribution is 5.82. The van der Waals surface area contributed by atoms with Crippen LogP contribution in [0.1, 0.15) is 41.0 Å². The van der Waals surface area contributed by atoms with Crippen molar-refractivity contribution >= 4 is 5.91 Å². The van der Waals surface area contributed by atoms with Crippen LogP contribution in [0.5, 0.6) is 0 Å². The summed E-state index contributed by atoms with van der Waals surface area (Å²) < 4.78 is 0. The summed E-state index contributed by atoms with van der Waals surface area (Å²) in [5.41, 5.74) is 0. The molecule has 2 atom stereocenters. The van der Waals surface area contributed by atoms with E-state index in [4.69, 9.17) is 0 Å². The van der Waals surface area contributed by atoms with Crippen LogP contribution < -0.4 is 10.6 Å². The number of hydrogen-bond donors (Lipinski definition) is 2. The van der Waals surface area contributed by atoms with Crippen molar-refractivity contribution in [3.05, 3.63) is 0 Å². The van der Waals surface area contributed by atoms with Gasteiger partial charge in [-0.3, -0.25) is 4.79 Å². The molecule has 0 spiro atoms. The predicted octanol–water partition coefficient (Wildman–Crippen LogP) is 2.03. The third kappa shape index (κ3) is 3.98. The molecule has 2 N–H and O–H groups in total. The van der Waals surface area contributed by atoms with Crippen molar-refractivity contribution in [3.63, 3.8) is 0 Å². The first kappa shape index (κ1) is 14.5. The molecule has 0 aliphatic carbocycles. The first-order valence-electron chi connectivity index (χ1n) is 6.94. The molecule has 1 saturated heterocycles. The van der Waals surface area contributed by atoms with Gasteiger partial charge >= 0.3 is 0 Å². The SMILES string of the molecule is CC(C)C(CNC(=O)C1NCCC1C)C(C)C. The van der Waals surface area contributed by atoms with Gasteiger partial charge in [0.1, 0.15) is 0 Å². The minimum absolute atomic E-state index is 0.0231. The topological polar surface area (TPSA) is 41.1 Å². The Kier molecular flexibility index (Phi) is 5.44. The zero-order valence-corrected chi connectivity index (χ0v) is 11.9. The fourth-order valence-electron chi connectivity index (χ4n) is 2.76. The van der Waals surface area contributed by atoms with E-state index in [0.717, 1.165) is 19.5 Å². The van der Waals surface area contributed by atoms with Gasteiger partial charge in [-0.25, -0.2) is 0 Å². The number of rotatable bonds is 5. The second-order valence-corrected chi connectivity index (χ2v) is 6.09. The molecule has 1 amide bonds. The molecular formula is C14H28N2O. The lowest BCUT2D eigenvalue weighted by molar-refractivity contribution is -0.123. The molecule has 0 saturated carbocycles. The van der Waals surface area contributed by atoms with Crippen molar-refractivity contribution in [1.29, 1.82) is 0 Å². The van der Waals surface area contributed by atoms with E-state index in [1.54, 1.807) is 0 Å². The summed E-state index contributed by atoms with van der Waals surface area (Å²) in [7, 11) is 0. The molecule has 0 radical (unpaired) electrons. The van der Waals surface area contributed by atoms with Gasteiger partial charge in [0.25, 0.3) is 0 Å².